The normalized spacial score (nSPS) is 18.3. The van der Waals surface area contributed by atoms with Crippen LogP contribution in [0.5, 0.6) is 0 Å². The maximum atomic E-state index is 4.59. The van der Waals surface area contributed by atoms with E-state index in [4.69, 9.17) is 0 Å². The van der Waals surface area contributed by atoms with Crippen molar-refractivity contribution in [2.75, 3.05) is 5.33 Å². The van der Waals surface area contributed by atoms with Crippen molar-refractivity contribution in [3.05, 3.63) is 42.7 Å². The van der Waals surface area contributed by atoms with Crippen LogP contribution in [0.2, 0.25) is 0 Å². The molecule has 0 saturated heterocycles. The highest BCUT2D eigenvalue weighted by Crippen LogP contribution is 2.39. The zero-order valence-corrected chi connectivity index (χ0v) is 14.1. The Morgan fingerprint density at radius 2 is 1.76 bits per heavy atom. The zero-order chi connectivity index (χ0) is 14.5. The van der Waals surface area contributed by atoms with Gasteiger partial charge in [-0.3, -0.25) is 0 Å². The van der Waals surface area contributed by atoms with Crippen LogP contribution in [0, 0.1) is 5.41 Å². The Balaban J connectivity index is 1.86. The molecule has 3 heteroatoms. The third-order valence-corrected chi connectivity index (χ3v) is 5.89. The van der Waals surface area contributed by atoms with Crippen molar-refractivity contribution >= 4 is 15.9 Å². The van der Waals surface area contributed by atoms with Crippen molar-refractivity contribution in [3.63, 3.8) is 0 Å². The van der Waals surface area contributed by atoms with Gasteiger partial charge in [0, 0.05) is 29.8 Å². The predicted molar refractivity (Wildman–Crippen MR) is 91.6 cm³/mol. The summed E-state index contributed by atoms with van der Waals surface area (Å²) in [5.74, 6) is 1.10. The number of halogens is 1. The number of imidazole rings is 1. The van der Waals surface area contributed by atoms with E-state index in [2.05, 4.69) is 62.0 Å². The van der Waals surface area contributed by atoms with E-state index in [0.29, 0.717) is 5.41 Å². The molecule has 0 amide bonds. The summed E-state index contributed by atoms with van der Waals surface area (Å²) in [7, 11) is 0. The summed E-state index contributed by atoms with van der Waals surface area (Å²) in [5, 5.41) is 1.09. The minimum absolute atomic E-state index is 0.390. The molecule has 112 valence electrons. The molecule has 0 atom stereocenters. The molecule has 3 rings (SSSR count). The van der Waals surface area contributed by atoms with Gasteiger partial charge in [-0.05, 0) is 18.3 Å². The van der Waals surface area contributed by atoms with E-state index in [1.165, 1.54) is 44.1 Å². The fraction of sp³-hybridized carbons (Fsp3) is 0.500. The molecule has 0 aliphatic heterocycles. The fourth-order valence-corrected chi connectivity index (χ4v) is 4.20. The Labute approximate surface area is 135 Å². The third-order valence-electron chi connectivity index (χ3n) is 4.70. The van der Waals surface area contributed by atoms with Gasteiger partial charge in [0.05, 0.1) is 0 Å². The lowest BCUT2D eigenvalue weighted by Gasteiger charge is -2.31. The number of alkyl halides is 1. The summed E-state index contributed by atoms with van der Waals surface area (Å²) in [5.41, 5.74) is 1.60. The molecule has 0 N–H and O–H groups in total. The Morgan fingerprint density at radius 1 is 1.05 bits per heavy atom. The summed E-state index contributed by atoms with van der Waals surface area (Å²) in [4.78, 5) is 4.59. The van der Waals surface area contributed by atoms with E-state index in [-0.39, 0.29) is 0 Å². The third kappa shape index (κ3) is 3.39. The van der Waals surface area contributed by atoms with Crippen LogP contribution in [0.1, 0.15) is 38.5 Å². The monoisotopic (exact) mass is 346 g/mol. The van der Waals surface area contributed by atoms with Crippen molar-refractivity contribution < 1.29 is 0 Å². The summed E-state index contributed by atoms with van der Waals surface area (Å²) in [6.45, 7) is 1.07. The number of hydrogen-bond acceptors (Lipinski definition) is 1. The molecule has 21 heavy (non-hydrogen) atoms. The molecular weight excluding hydrogens is 324 g/mol. The van der Waals surface area contributed by atoms with E-state index >= 15 is 0 Å². The number of aromatic nitrogens is 2. The van der Waals surface area contributed by atoms with Gasteiger partial charge in [-0.15, -0.1) is 0 Å². The molecule has 0 bridgehead atoms. The predicted octanol–water partition coefficient (Wildman–Crippen LogP) is 5.29. The van der Waals surface area contributed by atoms with Crippen LogP contribution in [0.25, 0.3) is 11.4 Å². The number of rotatable bonds is 4. The lowest BCUT2D eigenvalue weighted by atomic mass is 9.82. The average Bonchev–Trinajstić information content (AvgIpc) is 2.86. The first-order valence-corrected chi connectivity index (χ1v) is 9.08. The van der Waals surface area contributed by atoms with E-state index in [9.17, 15) is 0 Å². The Bertz CT molecular complexity index is 554. The lowest BCUT2D eigenvalue weighted by molar-refractivity contribution is 0.243. The maximum Gasteiger partial charge on any atom is 0.139 e. The van der Waals surface area contributed by atoms with E-state index in [0.717, 1.165) is 17.7 Å². The van der Waals surface area contributed by atoms with Crippen LogP contribution in [0.15, 0.2) is 42.7 Å². The van der Waals surface area contributed by atoms with Crippen molar-refractivity contribution in [1.29, 1.82) is 0 Å². The molecular formula is C18H23BrN2. The molecule has 0 unspecified atom stereocenters. The van der Waals surface area contributed by atoms with Crippen LogP contribution >= 0.6 is 15.9 Å². The minimum atomic E-state index is 0.390. The Kier molecular flexibility index (Phi) is 4.79. The minimum Gasteiger partial charge on any atom is -0.330 e. The summed E-state index contributed by atoms with van der Waals surface area (Å²) in [6.07, 6.45) is 12.2. The lowest BCUT2D eigenvalue weighted by Crippen LogP contribution is -2.28. The Morgan fingerprint density at radius 3 is 2.43 bits per heavy atom. The van der Waals surface area contributed by atoms with Gasteiger partial charge < -0.3 is 4.57 Å². The van der Waals surface area contributed by atoms with Gasteiger partial charge in [0.25, 0.3) is 0 Å². The smallest absolute Gasteiger partial charge is 0.139 e. The topological polar surface area (TPSA) is 17.8 Å². The first-order chi connectivity index (χ1) is 10.3. The molecule has 1 aromatic carbocycles. The van der Waals surface area contributed by atoms with Crippen LogP contribution < -0.4 is 0 Å². The maximum absolute atomic E-state index is 4.59. The largest absolute Gasteiger partial charge is 0.330 e. The standard InChI is InChI=1S/C18H23BrN2/c19-14-18(10-6-1-2-7-11-18)15-21-13-12-20-17(21)16-8-4-3-5-9-16/h3-5,8-9,12-13H,1-2,6-7,10-11,14-15H2. The number of benzene rings is 1. The van der Waals surface area contributed by atoms with Gasteiger partial charge in [-0.1, -0.05) is 71.9 Å². The molecule has 1 aliphatic rings. The Hall–Kier alpha value is -1.09. The quantitative estimate of drug-likeness (QED) is 0.543. The highest BCUT2D eigenvalue weighted by atomic mass is 79.9. The van der Waals surface area contributed by atoms with Crippen LogP contribution in [0.3, 0.4) is 0 Å². The van der Waals surface area contributed by atoms with Gasteiger partial charge >= 0.3 is 0 Å². The first-order valence-electron chi connectivity index (χ1n) is 7.96. The number of nitrogens with zero attached hydrogens (tertiary/aromatic N) is 2. The second-order valence-corrected chi connectivity index (χ2v) is 6.85. The molecule has 1 heterocycles. The first kappa shape index (κ1) is 14.8. The highest BCUT2D eigenvalue weighted by Gasteiger charge is 2.31. The molecule has 0 spiro atoms. The molecule has 1 fully saturated rings. The summed E-state index contributed by atoms with van der Waals surface area (Å²) < 4.78 is 2.35. The molecule has 0 radical (unpaired) electrons. The summed E-state index contributed by atoms with van der Waals surface area (Å²) >= 11 is 3.80. The second-order valence-electron chi connectivity index (χ2n) is 6.29. The van der Waals surface area contributed by atoms with E-state index in [1.807, 2.05) is 6.20 Å². The van der Waals surface area contributed by atoms with Crippen LogP contribution in [-0.2, 0) is 6.54 Å². The van der Waals surface area contributed by atoms with Gasteiger partial charge in [0.15, 0.2) is 0 Å². The van der Waals surface area contributed by atoms with Crippen molar-refractivity contribution in [2.24, 2.45) is 5.41 Å². The average molecular weight is 347 g/mol. The van der Waals surface area contributed by atoms with Crippen molar-refractivity contribution in [2.45, 2.75) is 45.1 Å². The van der Waals surface area contributed by atoms with E-state index in [1.54, 1.807) is 0 Å². The summed E-state index contributed by atoms with van der Waals surface area (Å²) in [6, 6.07) is 10.5. The van der Waals surface area contributed by atoms with Crippen molar-refractivity contribution in [1.82, 2.24) is 9.55 Å². The molecule has 1 aromatic heterocycles. The second kappa shape index (κ2) is 6.78. The van der Waals surface area contributed by atoms with Gasteiger partial charge in [0.1, 0.15) is 5.82 Å². The molecule has 2 nitrogen and oxygen atoms in total. The van der Waals surface area contributed by atoms with Gasteiger partial charge in [-0.25, -0.2) is 4.98 Å². The zero-order valence-electron chi connectivity index (χ0n) is 12.5. The molecule has 2 aromatic rings. The molecule has 1 saturated carbocycles. The van der Waals surface area contributed by atoms with Crippen LogP contribution in [-0.4, -0.2) is 14.9 Å². The van der Waals surface area contributed by atoms with E-state index < -0.39 is 0 Å². The molecule has 1 aliphatic carbocycles. The van der Waals surface area contributed by atoms with Crippen LogP contribution in [0.4, 0.5) is 0 Å². The van der Waals surface area contributed by atoms with Gasteiger partial charge in [0.2, 0.25) is 0 Å². The van der Waals surface area contributed by atoms with Crippen molar-refractivity contribution in [3.8, 4) is 11.4 Å². The SMILES string of the molecule is BrCC1(Cn2ccnc2-c2ccccc2)CCCCCC1. The highest BCUT2D eigenvalue weighted by molar-refractivity contribution is 9.09. The van der Waals surface area contributed by atoms with Gasteiger partial charge in [-0.2, -0.15) is 0 Å². The number of hydrogen-bond donors (Lipinski definition) is 0. The fourth-order valence-electron chi connectivity index (χ4n) is 3.46.